The van der Waals surface area contributed by atoms with E-state index in [0.717, 1.165) is 18.8 Å². The first-order valence-corrected chi connectivity index (χ1v) is 7.23. The second kappa shape index (κ2) is 4.78. The fraction of sp³-hybridized carbons (Fsp3) is 1.00. The van der Waals surface area contributed by atoms with Crippen LogP contribution < -0.4 is 0 Å². The predicted octanol–water partition coefficient (Wildman–Crippen LogP) is 2.63. The van der Waals surface area contributed by atoms with Crippen molar-refractivity contribution in [2.75, 3.05) is 6.16 Å². The van der Waals surface area contributed by atoms with E-state index in [-0.39, 0.29) is 12.1 Å². The SMILES string of the molecule is CC1CCC([C@H](C)CP(=O)(O)O)CC1. The topological polar surface area (TPSA) is 57.5 Å². The summed E-state index contributed by atoms with van der Waals surface area (Å²) in [4.78, 5) is 17.8. The molecule has 1 aliphatic carbocycles. The Kier molecular flexibility index (Phi) is 4.17. The second-order valence-corrected chi connectivity index (χ2v) is 6.54. The maximum atomic E-state index is 10.8. The van der Waals surface area contributed by atoms with Gasteiger partial charge in [-0.15, -0.1) is 0 Å². The molecule has 14 heavy (non-hydrogen) atoms. The van der Waals surface area contributed by atoms with Gasteiger partial charge >= 0.3 is 7.60 Å². The van der Waals surface area contributed by atoms with Crippen LogP contribution in [0.4, 0.5) is 0 Å². The van der Waals surface area contributed by atoms with Crippen LogP contribution in [0, 0.1) is 17.8 Å². The maximum Gasteiger partial charge on any atom is 0.325 e. The van der Waals surface area contributed by atoms with E-state index in [9.17, 15) is 4.57 Å². The third kappa shape index (κ3) is 4.12. The minimum atomic E-state index is -3.80. The Labute approximate surface area is 86.1 Å². The molecule has 0 saturated heterocycles. The minimum absolute atomic E-state index is 0.0616. The van der Waals surface area contributed by atoms with Gasteiger partial charge in [-0.05, 0) is 30.6 Å². The van der Waals surface area contributed by atoms with Crippen molar-refractivity contribution in [1.82, 2.24) is 0 Å². The molecule has 0 aliphatic heterocycles. The van der Waals surface area contributed by atoms with Crippen molar-refractivity contribution in [1.29, 1.82) is 0 Å². The third-order valence-corrected chi connectivity index (χ3v) is 4.44. The van der Waals surface area contributed by atoms with Gasteiger partial charge in [0.1, 0.15) is 0 Å². The summed E-state index contributed by atoms with van der Waals surface area (Å²) in [6.07, 6.45) is 4.78. The molecular formula is C10H21O3P. The molecule has 0 unspecified atom stereocenters. The standard InChI is InChI=1S/C10H21O3P/c1-8-3-5-10(6-4-8)9(2)7-14(11,12)13/h8-10H,3-7H2,1-2H3,(H2,11,12,13)/t8?,9-,10?/m1/s1. The zero-order valence-electron chi connectivity index (χ0n) is 9.02. The maximum absolute atomic E-state index is 10.8. The Balaban J connectivity index is 2.38. The van der Waals surface area contributed by atoms with Gasteiger partial charge in [0.15, 0.2) is 0 Å². The summed E-state index contributed by atoms with van der Waals surface area (Å²) in [6.45, 7) is 4.23. The van der Waals surface area contributed by atoms with E-state index in [2.05, 4.69) is 6.92 Å². The van der Waals surface area contributed by atoms with Gasteiger partial charge in [-0.1, -0.05) is 26.7 Å². The first-order valence-electron chi connectivity index (χ1n) is 5.43. The first-order chi connectivity index (χ1) is 6.38. The highest BCUT2D eigenvalue weighted by atomic mass is 31.2. The van der Waals surface area contributed by atoms with Gasteiger partial charge in [-0.3, -0.25) is 4.57 Å². The van der Waals surface area contributed by atoms with Gasteiger partial charge in [0.2, 0.25) is 0 Å². The molecular weight excluding hydrogens is 199 g/mol. The van der Waals surface area contributed by atoms with Crippen LogP contribution in [0.15, 0.2) is 0 Å². The molecule has 0 radical (unpaired) electrons. The summed E-state index contributed by atoms with van der Waals surface area (Å²) in [5.74, 6) is 1.50. The molecule has 3 nitrogen and oxygen atoms in total. The fourth-order valence-corrected chi connectivity index (χ4v) is 3.43. The quantitative estimate of drug-likeness (QED) is 0.719. The van der Waals surface area contributed by atoms with Gasteiger partial charge < -0.3 is 9.79 Å². The van der Waals surface area contributed by atoms with E-state index in [0.29, 0.717) is 5.92 Å². The van der Waals surface area contributed by atoms with Crippen molar-refractivity contribution in [3.8, 4) is 0 Å². The highest BCUT2D eigenvalue weighted by molar-refractivity contribution is 7.51. The highest BCUT2D eigenvalue weighted by Crippen LogP contribution is 2.42. The van der Waals surface area contributed by atoms with E-state index in [1.807, 2.05) is 6.92 Å². The van der Waals surface area contributed by atoms with Crippen molar-refractivity contribution >= 4 is 7.60 Å². The van der Waals surface area contributed by atoms with Gasteiger partial charge in [-0.2, -0.15) is 0 Å². The average Bonchev–Trinajstić information content (AvgIpc) is 2.02. The summed E-state index contributed by atoms with van der Waals surface area (Å²) in [7, 11) is -3.80. The van der Waals surface area contributed by atoms with Crippen LogP contribution in [0.1, 0.15) is 39.5 Å². The molecule has 84 valence electrons. The van der Waals surface area contributed by atoms with E-state index >= 15 is 0 Å². The molecule has 0 aromatic carbocycles. The Morgan fingerprint density at radius 3 is 2.21 bits per heavy atom. The minimum Gasteiger partial charge on any atom is -0.324 e. The molecule has 2 N–H and O–H groups in total. The molecule has 1 aliphatic rings. The molecule has 0 heterocycles. The summed E-state index contributed by atoms with van der Waals surface area (Å²) in [5.41, 5.74) is 0. The van der Waals surface area contributed by atoms with Gasteiger partial charge in [0.05, 0.1) is 6.16 Å². The largest absolute Gasteiger partial charge is 0.325 e. The van der Waals surface area contributed by atoms with E-state index in [1.54, 1.807) is 0 Å². The van der Waals surface area contributed by atoms with Crippen LogP contribution in [0.2, 0.25) is 0 Å². The number of rotatable bonds is 3. The molecule has 1 saturated carbocycles. The molecule has 4 heteroatoms. The van der Waals surface area contributed by atoms with Crippen LogP contribution >= 0.6 is 7.60 Å². The Bertz CT molecular complexity index is 215. The lowest BCUT2D eigenvalue weighted by Crippen LogP contribution is -2.21. The molecule has 0 bridgehead atoms. The lowest BCUT2D eigenvalue weighted by Gasteiger charge is -2.30. The molecule has 0 spiro atoms. The van der Waals surface area contributed by atoms with E-state index < -0.39 is 7.60 Å². The second-order valence-electron chi connectivity index (χ2n) is 4.84. The summed E-state index contributed by atoms with van der Waals surface area (Å²) < 4.78 is 10.8. The van der Waals surface area contributed by atoms with Crippen molar-refractivity contribution in [3.05, 3.63) is 0 Å². The highest BCUT2D eigenvalue weighted by Gasteiger charge is 2.27. The molecule has 1 fully saturated rings. The van der Waals surface area contributed by atoms with Crippen LogP contribution in [-0.2, 0) is 4.57 Å². The molecule has 1 rings (SSSR count). The molecule has 0 aromatic rings. The van der Waals surface area contributed by atoms with Crippen molar-refractivity contribution in [2.45, 2.75) is 39.5 Å². The number of hydrogen-bond acceptors (Lipinski definition) is 1. The van der Waals surface area contributed by atoms with Crippen molar-refractivity contribution < 1.29 is 14.4 Å². The van der Waals surface area contributed by atoms with Gasteiger partial charge in [-0.25, -0.2) is 0 Å². The van der Waals surface area contributed by atoms with Gasteiger partial charge in [0.25, 0.3) is 0 Å². The smallest absolute Gasteiger partial charge is 0.324 e. The Hall–Kier alpha value is 0.150. The molecule has 0 amide bonds. The fourth-order valence-electron chi connectivity index (χ4n) is 2.38. The Morgan fingerprint density at radius 2 is 1.79 bits per heavy atom. The van der Waals surface area contributed by atoms with Gasteiger partial charge in [0, 0.05) is 0 Å². The Morgan fingerprint density at radius 1 is 1.29 bits per heavy atom. The van der Waals surface area contributed by atoms with Crippen LogP contribution in [0.25, 0.3) is 0 Å². The zero-order valence-corrected chi connectivity index (χ0v) is 9.91. The van der Waals surface area contributed by atoms with E-state index in [4.69, 9.17) is 9.79 Å². The summed E-state index contributed by atoms with van der Waals surface area (Å²) in [6, 6.07) is 0. The van der Waals surface area contributed by atoms with Crippen LogP contribution in [0.3, 0.4) is 0 Å². The van der Waals surface area contributed by atoms with Crippen LogP contribution in [-0.4, -0.2) is 15.9 Å². The molecule has 1 atom stereocenters. The van der Waals surface area contributed by atoms with E-state index in [1.165, 1.54) is 12.8 Å². The lowest BCUT2D eigenvalue weighted by atomic mass is 9.77. The van der Waals surface area contributed by atoms with Crippen LogP contribution in [0.5, 0.6) is 0 Å². The average molecular weight is 220 g/mol. The monoisotopic (exact) mass is 220 g/mol. The normalized spacial score (nSPS) is 31.4. The van der Waals surface area contributed by atoms with Crippen molar-refractivity contribution in [2.24, 2.45) is 17.8 Å². The first kappa shape index (κ1) is 12.2. The predicted molar refractivity (Wildman–Crippen MR) is 57.2 cm³/mol. The zero-order chi connectivity index (χ0) is 10.8. The number of hydrogen-bond donors (Lipinski definition) is 2. The summed E-state index contributed by atoms with van der Waals surface area (Å²) in [5, 5.41) is 0. The summed E-state index contributed by atoms with van der Waals surface area (Å²) >= 11 is 0. The lowest BCUT2D eigenvalue weighted by molar-refractivity contribution is 0.229. The van der Waals surface area contributed by atoms with Crippen molar-refractivity contribution in [3.63, 3.8) is 0 Å². The third-order valence-electron chi connectivity index (χ3n) is 3.39. The molecule has 0 aromatic heterocycles.